The molecule has 0 aromatic heterocycles. The molecule has 0 radical (unpaired) electrons. The maximum atomic E-state index is 11.2. The summed E-state index contributed by atoms with van der Waals surface area (Å²) in [6.45, 7) is 3.09. The summed E-state index contributed by atoms with van der Waals surface area (Å²) in [7, 11) is 1.60. The number of hydrogen-bond donors (Lipinski definition) is 0. The van der Waals surface area contributed by atoms with Crippen LogP contribution in [0, 0.1) is 0 Å². The van der Waals surface area contributed by atoms with Crippen molar-refractivity contribution in [2.24, 2.45) is 0 Å². The standard InChI is InChI=1S/C13H26O3.Hg/c1-3-4-5-6-7-8-9-10-13(14)16-12-11-15-2;/h3-12H2,1-2H3;. The van der Waals surface area contributed by atoms with E-state index < -0.39 is 0 Å². The van der Waals surface area contributed by atoms with Crippen LogP contribution >= 0.6 is 0 Å². The zero-order valence-electron chi connectivity index (χ0n) is 11.5. The first-order valence-electron chi connectivity index (χ1n) is 6.45. The maximum absolute atomic E-state index is 11.2. The molecule has 0 unspecified atom stereocenters. The van der Waals surface area contributed by atoms with E-state index in [2.05, 4.69) is 6.92 Å². The first-order chi connectivity index (χ1) is 7.81. The maximum Gasteiger partial charge on any atom is 0.305 e. The third-order valence-corrected chi connectivity index (χ3v) is 2.53. The second-order valence-electron chi connectivity index (χ2n) is 4.08. The van der Waals surface area contributed by atoms with E-state index in [1.165, 1.54) is 32.1 Å². The predicted molar refractivity (Wildman–Crippen MR) is 65.4 cm³/mol. The molecule has 0 aromatic carbocycles. The van der Waals surface area contributed by atoms with Crippen molar-refractivity contribution in [2.75, 3.05) is 20.3 Å². The Morgan fingerprint density at radius 1 is 0.941 bits per heavy atom. The summed E-state index contributed by atoms with van der Waals surface area (Å²) in [5.41, 5.74) is 0. The fourth-order valence-corrected chi connectivity index (χ4v) is 1.54. The summed E-state index contributed by atoms with van der Waals surface area (Å²) >= 11 is 0. The monoisotopic (exact) mass is 432 g/mol. The molecular weight excluding hydrogens is 405 g/mol. The van der Waals surface area contributed by atoms with Crippen molar-refractivity contribution in [1.29, 1.82) is 0 Å². The molecule has 0 aliphatic carbocycles. The molecule has 0 saturated heterocycles. The summed E-state index contributed by atoms with van der Waals surface area (Å²) in [6, 6.07) is 0. The molecular formula is C13H26HgO3. The number of hydrogen-bond acceptors (Lipinski definition) is 3. The van der Waals surface area contributed by atoms with Crippen LogP contribution in [-0.4, -0.2) is 26.3 Å². The summed E-state index contributed by atoms with van der Waals surface area (Å²) in [6.07, 6.45) is 9.14. The first-order valence-corrected chi connectivity index (χ1v) is 6.45. The van der Waals surface area contributed by atoms with Crippen molar-refractivity contribution >= 4 is 5.97 Å². The number of carbonyl (C=O) groups excluding carboxylic acids is 1. The molecule has 0 amide bonds. The van der Waals surface area contributed by atoms with Crippen LogP contribution in [0.3, 0.4) is 0 Å². The quantitative estimate of drug-likeness (QED) is 0.286. The van der Waals surface area contributed by atoms with E-state index >= 15 is 0 Å². The van der Waals surface area contributed by atoms with Gasteiger partial charge in [-0.1, -0.05) is 45.4 Å². The average molecular weight is 431 g/mol. The minimum atomic E-state index is -0.0920. The van der Waals surface area contributed by atoms with Crippen molar-refractivity contribution in [3.63, 3.8) is 0 Å². The zero-order valence-corrected chi connectivity index (χ0v) is 17.0. The Hall–Kier alpha value is 0.365. The van der Waals surface area contributed by atoms with Crippen molar-refractivity contribution in [1.82, 2.24) is 0 Å². The third-order valence-electron chi connectivity index (χ3n) is 2.53. The number of esters is 1. The fourth-order valence-electron chi connectivity index (χ4n) is 1.54. The first kappa shape index (κ1) is 19.7. The number of methoxy groups -OCH3 is 1. The SMILES string of the molecule is CCCCCCCCCC(=O)OCCOC.[Hg]. The van der Waals surface area contributed by atoms with Crippen molar-refractivity contribution < 1.29 is 41.9 Å². The van der Waals surface area contributed by atoms with E-state index in [9.17, 15) is 4.79 Å². The van der Waals surface area contributed by atoms with Gasteiger partial charge >= 0.3 is 5.97 Å². The summed E-state index contributed by atoms with van der Waals surface area (Å²) < 4.78 is 9.76. The molecule has 0 fully saturated rings. The van der Waals surface area contributed by atoms with Gasteiger partial charge in [0.1, 0.15) is 6.61 Å². The largest absolute Gasteiger partial charge is 0.463 e. The fraction of sp³-hybridized carbons (Fsp3) is 0.923. The smallest absolute Gasteiger partial charge is 0.305 e. The van der Waals surface area contributed by atoms with Crippen LogP contribution in [0.15, 0.2) is 0 Å². The number of ether oxygens (including phenoxy) is 2. The Labute approximate surface area is 126 Å². The van der Waals surface area contributed by atoms with Crippen LogP contribution in [0.5, 0.6) is 0 Å². The van der Waals surface area contributed by atoms with Gasteiger partial charge in [-0.15, -0.1) is 0 Å². The minimum Gasteiger partial charge on any atom is -0.463 e. The molecule has 0 aliphatic rings. The molecule has 0 bridgehead atoms. The van der Waals surface area contributed by atoms with Gasteiger partial charge in [0.25, 0.3) is 0 Å². The molecule has 0 N–H and O–H groups in total. The molecule has 3 nitrogen and oxygen atoms in total. The Balaban J connectivity index is 0. The van der Waals surface area contributed by atoms with Gasteiger partial charge < -0.3 is 9.47 Å². The van der Waals surface area contributed by atoms with Gasteiger partial charge in [-0.2, -0.15) is 0 Å². The Bertz CT molecular complexity index is 163. The topological polar surface area (TPSA) is 35.5 Å². The van der Waals surface area contributed by atoms with Gasteiger partial charge in [0, 0.05) is 41.2 Å². The van der Waals surface area contributed by atoms with Crippen molar-refractivity contribution in [2.45, 2.75) is 58.3 Å². The number of rotatable bonds is 11. The van der Waals surface area contributed by atoms with Crippen LogP contribution in [0.4, 0.5) is 0 Å². The molecule has 0 rings (SSSR count). The van der Waals surface area contributed by atoms with Crippen molar-refractivity contribution in [3.05, 3.63) is 0 Å². The molecule has 0 aromatic rings. The van der Waals surface area contributed by atoms with Crippen LogP contribution in [-0.2, 0) is 41.9 Å². The van der Waals surface area contributed by atoms with Crippen molar-refractivity contribution in [3.8, 4) is 0 Å². The van der Waals surface area contributed by atoms with Crippen LogP contribution in [0.1, 0.15) is 58.3 Å². The van der Waals surface area contributed by atoms with Crippen LogP contribution in [0.2, 0.25) is 0 Å². The Kier molecular flexibility index (Phi) is 19.0. The molecule has 0 aliphatic heterocycles. The Morgan fingerprint density at radius 2 is 1.53 bits per heavy atom. The average Bonchev–Trinajstić information content (AvgIpc) is 2.28. The molecule has 0 heterocycles. The van der Waals surface area contributed by atoms with Gasteiger partial charge in [0.15, 0.2) is 0 Å². The normalized spacial score (nSPS) is 9.76. The second kappa shape index (κ2) is 16.4. The number of carbonyl (C=O) groups is 1. The van der Waals surface area contributed by atoms with Crippen LogP contribution in [0.25, 0.3) is 0 Å². The van der Waals surface area contributed by atoms with E-state index in [1.54, 1.807) is 7.11 Å². The van der Waals surface area contributed by atoms with E-state index in [-0.39, 0.29) is 33.6 Å². The van der Waals surface area contributed by atoms with Crippen LogP contribution < -0.4 is 0 Å². The molecule has 0 atom stereocenters. The van der Waals surface area contributed by atoms with Gasteiger partial charge in [0.2, 0.25) is 0 Å². The second-order valence-corrected chi connectivity index (χ2v) is 4.08. The van der Waals surface area contributed by atoms with E-state index in [1.807, 2.05) is 0 Å². The molecule has 4 heteroatoms. The summed E-state index contributed by atoms with van der Waals surface area (Å²) in [4.78, 5) is 11.2. The van der Waals surface area contributed by atoms with Gasteiger partial charge in [-0.3, -0.25) is 4.79 Å². The van der Waals surface area contributed by atoms with Gasteiger partial charge in [-0.05, 0) is 6.42 Å². The van der Waals surface area contributed by atoms with Gasteiger partial charge in [0.05, 0.1) is 6.61 Å². The molecule has 98 valence electrons. The van der Waals surface area contributed by atoms with E-state index in [0.29, 0.717) is 19.6 Å². The minimum absolute atomic E-state index is 0. The molecule has 17 heavy (non-hydrogen) atoms. The Morgan fingerprint density at radius 3 is 2.12 bits per heavy atom. The van der Waals surface area contributed by atoms with E-state index in [0.717, 1.165) is 12.8 Å². The third kappa shape index (κ3) is 16.4. The summed E-state index contributed by atoms with van der Waals surface area (Å²) in [5.74, 6) is -0.0920. The molecule has 0 saturated carbocycles. The van der Waals surface area contributed by atoms with E-state index in [4.69, 9.17) is 9.47 Å². The zero-order chi connectivity index (χ0) is 12.1. The van der Waals surface area contributed by atoms with Gasteiger partial charge in [-0.25, -0.2) is 0 Å². The number of unbranched alkanes of at least 4 members (excludes halogenated alkanes) is 6. The predicted octanol–water partition coefficient (Wildman–Crippen LogP) is 3.31. The molecule has 0 spiro atoms. The summed E-state index contributed by atoms with van der Waals surface area (Å²) in [5, 5.41) is 0.